The van der Waals surface area contributed by atoms with Crippen molar-refractivity contribution < 1.29 is 17.9 Å². The number of carbonyl (C=O) groups excluding carboxylic acids is 1. The van der Waals surface area contributed by atoms with E-state index in [2.05, 4.69) is 10.5 Å². The lowest BCUT2D eigenvalue weighted by Gasteiger charge is -2.23. The maximum atomic E-state index is 12.6. The molecule has 1 amide bonds. The van der Waals surface area contributed by atoms with E-state index in [4.69, 9.17) is 4.74 Å². The fourth-order valence-electron chi connectivity index (χ4n) is 3.60. The quantitative estimate of drug-likeness (QED) is 0.281. The summed E-state index contributed by atoms with van der Waals surface area (Å²) in [6.45, 7) is -0.0112. The Morgan fingerprint density at radius 3 is 2.40 bits per heavy atom. The molecule has 4 rings (SSSR count). The van der Waals surface area contributed by atoms with Gasteiger partial charge in [-0.25, -0.2) is 13.8 Å². The number of amides is 1. The Hall–Kier alpha value is -4.17. The van der Waals surface area contributed by atoms with Crippen LogP contribution in [0.4, 0.5) is 5.69 Å². The van der Waals surface area contributed by atoms with Gasteiger partial charge in [0.1, 0.15) is 18.9 Å². The van der Waals surface area contributed by atoms with Gasteiger partial charge in [-0.3, -0.25) is 9.10 Å². The second-order valence-corrected chi connectivity index (χ2v) is 9.78. The molecule has 0 heterocycles. The predicted octanol–water partition coefficient (Wildman–Crippen LogP) is 4.34. The first-order valence-electron chi connectivity index (χ1n) is 10.9. The number of nitrogens with one attached hydrogen (secondary N) is 1. The van der Waals surface area contributed by atoms with Crippen molar-refractivity contribution in [3.63, 3.8) is 0 Å². The topological polar surface area (TPSA) is 88.1 Å². The van der Waals surface area contributed by atoms with Gasteiger partial charge in [-0.1, -0.05) is 78.9 Å². The largest absolute Gasteiger partial charge is 0.488 e. The molecule has 7 nitrogen and oxygen atoms in total. The molecule has 35 heavy (non-hydrogen) atoms. The predicted molar refractivity (Wildman–Crippen MR) is 139 cm³/mol. The summed E-state index contributed by atoms with van der Waals surface area (Å²) in [6, 6.07) is 29.8. The molecule has 178 valence electrons. The summed E-state index contributed by atoms with van der Waals surface area (Å²) >= 11 is 0. The number of ether oxygens (including phenoxy) is 1. The summed E-state index contributed by atoms with van der Waals surface area (Å²) in [7, 11) is -3.72. The minimum Gasteiger partial charge on any atom is -0.488 e. The van der Waals surface area contributed by atoms with Gasteiger partial charge in [-0.2, -0.15) is 5.10 Å². The molecule has 0 fully saturated rings. The number of carbonyl (C=O) groups is 1. The third-order valence-corrected chi connectivity index (χ3v) is 6.40. The zero-order chi connectivity index (χ0) is 24.7. The molecule has 0 bridgehead atoms. The lowest BCUT2D eigenvalue weighted by atomic mass is 10.1. The number of hydrazone groups is 1. The van der Waals surface area contributed by atoms with Crippen LogP contribution in [-0.2, 0) is 21.4 Å². The van der Waals surface area contributed by atoms with Gasteiger partial charge in [0.2, 0.25) is 10.0 Å². The Bertz CT molecular complexity index is 1450. The average molecular weight is 488 g/mol. The van der Waals surface area contributed by atoms with Gasteiger partial charge in [0.05, 0.1) is 18.2 Å². The highest BCUT2D eigenvalue weighted by atomic mass is 32.2. The first-order valence-corrected chi connectivity index (χ1v) is 12.8. The van der Waals surface area contributed by atoms with E-state index in [-0.39, 0.29) is 0 Å². The first-order chi connectivity index (χ1) is 16.9. The summed E-state index contributed by atoms with van der Waals surface area (Å²) in [5, 5.41) is 5.64. The van der Waals surface area contributed by atoms with Gasteiger partial charge in [0.15, 0.2) is 0 Å². The number of sulfonamides is 1. The molecule has 0 aliphatic rings. The van der Waals surface area contributed by atoms with Crippen molar-refractivity contribution in [3.05, 3.63) is 108 Å². The molecule has 0 aromatic heterocycles. The highest BCUT2D eigenvalue weighted by Crippen LogP contribution is 2.28. The van der Waals surface area contributed by atoms with Crippen LogP contribution < -0.4 is 14.5 Å². The molecule has 0 radical (unpaired) electrons. The molecular formula is C27H25N3O4S. The lowest BCUT2D eigenvalue weighted by molar-refractivity contribution is -0.119. The molecule has 4 aromatic carbocycles. The third kappa shape index (κ3) is 6.24. The van der Waals surface area contributed by atoms with E-state index >= 15 is 0 Å². The summed E-state index contributed by atoms with van der Waals surface area (Å²) in [4.78, 5) is 12.6. The van der Waals surface area contributed by atoms with Gasteiger partial charge in [0.25, 0.3) is 5.91 Å². The maximum absolute atomic E-state index is 12.6. The Morgan fingerprint density at radius 2 is 1.60 bits per heavy atom. The van der Waals surface area contributed by atoms with E-state index in [1.54, 1.807) is 12.1 Å². The molecule has 1 N–H and O–H groups in total. The van der Waals surface area contributed by atoms with Crippen LogP contribution in [0.1, 0.15) is 11.1 Å². The SMILES string of the molecule is CS(=O)(=O)N(CC(=O)N/N=C\c1ccccc1OCc1ccccc1)c1cccc2ccccc12. The van der Waals surface area contributed by atoms with Crippen LogP contribution in [0, 0.1) is 0 Å². The second kappa shape index (κ2) is 10.8. The Morgan fingerprint density at radius 1 is 0.914 bits per heavy atom. The van der Waals surface area contributed by atoms with Crippen molar-refractivity contribution in [2.75, 3.05) is 17.1 Å². The standard InChI is InChI=1S/C27H25N3O4S/c1-35(32,33)30(25-16-9-14-22-12-5-7-15-24(22)25)19-27(31)29-28-18-23-13-6-8-17-26(23)34-20-21-10-3-2-4-11-21/h2-18H,19-20H2,1H3,(H,29,31)/b28-18-. The Labute approximate surface area is 204 Å². The van der Waals surface area contributed by atoms with Crippen LogP contribution in [-0.4, -0.2) is 33.3 Å². The van der Waals surface area contributed by atoms with Crippen molar-refractivity contribution in [1.82, 2.24) is 5.43 Å². The van der Waals surface area contributed by atoms with E-state index in [0.717, 1.165) is 26.9 Å². The van der Waals surface area contributed by atoms with Crippen LogP contribution in [0.3, 0.4) is 0 Å². The fourth-order valence-corrected chi connectivity index (χ4v) is 4.47. The third-order valence-electron chi connectivity index (χ3n) is 5.27. The summed E-state index contributed by atoms with van der Waals surface area (Å²) in [6.07, 6.45) is 2.55. The number of hydrogen-bond acceptors (Lipinski definition) is 5. The van der Waals surface area contributed by atoms with E-state index < -0.39 is 22.5 Å². The van der Waals surface area contributed by atoms with Gasteiger partial charge < -0.3 is 4.74 Å². The highest BCUT2D eigenvalue weighted by molar-refractivity contribution is 7.92. The summed E-state index contributed by atoms with van der Waals surface area (Å²) in [5.74, 6) is 0.0464. The van der Waals surface area contributed by atoms with E-state index in [0.29, 0.717) is 23.6 Å². The van der Waals surface area contributed by atoms with E-state index in [9.17, 15) is 13.2 Å². The monoisotopic (exact) mass is 487 g/mol. The number of anilines is 1. The first kappa shape index (κ1) is 24.0. The summed E-state index contributed by atoms with van der Waals surface area (Å²) < 4.78 is 32.0. The normalized spacial score (nSPS) is 11.5. The molecule has 0 atom stereocenters. The molecule has 0 aliphatic carbocycles. The van der Waals surface area contributed by atoms with E-state index in [1.165, 1.54) is 6.21 Å². The van der Waals surface area contributed by atoms with Crippen LogP contribution in [0.2, 0.25) is 0 Å². The van der Waals surface area contributed by atoms with Gasteiger partial charge in [-0.05, 0) is 29.1 Å². The number of hydrogen-bond donors (Lipinski definition) is 1. The van der Waals surface area contributed by atoms with E-state index in [1.807, 2.05) is 84.9 Å². The molecule has 0 unspecified atom stereocenters. The molecule has 8 heteroatoms. The Kier molecular flexibility index (Phi) is 7.42. The number of para-hydroxylation sites is 1. The number of nitrogens with zero attached hydrogens (tertiary/aromatic N) is 2. The number of benzene rings is 4. The number of fused-ring (bicyclic) bond motifs is 1. The van der Waals surface area contributed by atoms with Crippen LogP contribution in [0.15, 0.2) is 102 Å². The molecule has 4 aromatic rings. The van der Waals surface area contributed by atoms with Crippen molar-refractivity contribution in [1.29, 1.82) is 0 Å². The maximum Gasteiger partial charge on any atom is 0.260 e. The smallest absolute Gasteiger partial charge is 0.260 e. The second-order valence-electron chi connectivity index (χ2n) is 7.87. The van der Waals surface area contributed by atoms with Crippen molar-refractivity contribution >= 4 is 38.6 Å². The van der Waals surface area contributed by atoms with Gasteiger partial charge in [-0.15, -0.1) is 0 Å². The lowest BCUT2D eigenvalue weighted by Crippen LogP contribution is -2.39. The molecule has 0 saturated heterocycles. The zero-order valence-electron chi connectivity index (χ0n) is 19.2. The highest BCUT2D eigenvalue weighted by Gasteiger charge is 2.22. The zero-order valence-corrected chi connectivity index (χ0v) is 20.0. The molecule has 0 saturated carbocycles. The van der Waals surface area contributed by atoms with Crippen molar-refractivity contribution in [3.8, 4) is 5.75 Å². The molecule has 0 aliphatic heterocycles. The van der Waals surface area contributed by atoms with Crippen molar-refractivity contribution in [2.45, 2.75) is 6.61 Å². The Balaban J connectivity index is 1.46. The molecule has 0 spiro atoms. The minimum atomic E-state index is -3.72. The minimum absolute atomic E-state index is 0.395. The van der Waals surface area contributed by atoms with Crippen molar-refractivity contribution in [2.24, 2.45) is 5.10 Å². The average Bonchev–Trinajstić information content (AvgIpc) is 2.86. The van der Waals surface area contributed by atoms with Crippen LogP contribution in [0.5, 0.6) is 5.75 Å². The summed E-state index contributed by atoms with van der Waals surface area (Å²) in [5.41, 5.74) is 4.56. The van der Waals surface area contributed by atoms with Gasteiger partial charge in [0, 0.05) is 10.9 Å². The fraction of sp³-hybridized carbons (Fsp3) is 0.111. The number of rotatable bonds is 9. The van der Waals surface area contributed by atoms with Crippen LogP contribution in [0.25, 0.3) is 10.8 Å². The molecular weight excluding hydrogens is 462 g/mol. The van der Waals surface area contributed by atoms with Crippen LogP contribution >= 0.6 is 0 Å². The van der Waals surface area contributed by atoms with Gasteiger partial charge >= 0.3 is 0 Å².